The minimum absolute atomic E-state index is 0.00916. The van der Waals surface area contributed by atoms with Crippen LogP contribution in [0.25, 0.3) is 11.4 Å². The minimum Gasteiger partial charge on any atom is -0.497 e. The molecular weight excluding hydrogens is 695 g/mol. The van der Waals surface area contributed by atoms with E-state index < -0.39 is 48.7 Å². The first-order valence-corrected chi connectivity index (χ1v) is 16.2. The summed E-state index contributed by atoms with van der Waals surface area (Å²) in [7, 11) is 2.88. The van der Waals surface area contributed by atoms with Crippen LogP contribution in [0.15, 0.2) is 95.5 Å². The SMILES string of the molecule is COc1ccc(CC(=O)Nc2ccc(C(O)N(CC(=O)O)Cc3ccc(-c4noc(C(=O)N(C)Cc5ccc(C)cc5)n4)cc3)cc2)c(C(F)(F)F)c1. The largest absolute Gasteiger partial charge is 0.497 e. The third-order valence-corrected chi connectivity index (χ3v) is 8.24. The van der Waals surface area contributed by atoms with Gasteiger partial charge in [-0.2, -0.15) is 18.2 Å². The smallest absolute Gasteiger partial charge is 0.416 e. The van der Waals surface area contributed by atoms with Crippen molar-refractivity contribution < 1.29 is 47.0 Å². The number of alkyl halides is 3. The van der Waals surface area contributed by atoms with Crippen molar-refractivity contribution in [3.8, 4) is 17.1 Å². The molecule has 0 aliphatic rings. The third-order valence-electron chi connectivity index (χ3n) is 8.24. The molecule has 2 amide bonds. The summed E-state index contributed by atoms with van der Waals surface area (Å²) in [6, 6.07) is 23.7. The van der Waals surface area contributed by atoms with Gasteiger partial charge in [-0.3, -0.25) is 19.3 Å². The molecule has 1 aromatic heterocycles. The van der Waals surface area contributed by atoms with Crippen molar-refractivity contribution in [1.82, 2.24) is 19.9 Å². The summed E-state index contributed by atoms with van der Waals surface area (Å²) in [5.74, 6) is -2.30. The van der Waals surface area contributed by atoms with Crippen LogP contribution in [0, 0.1) is 6.92 Å². The molecule has 1 heterocycles. The zero-order chi connectivity index (χ0) is 38.3. The normalized spacial score (nSPS) is 12.0. The quantitative estimate of drug-likeness (QED) is 0.114. The molecule has 15 heteroatoms. The Balaban J connectivity index is 1.21. The molecule has 53 heavy (non-hydrogen) atoms. The molecule has 0 spiro atoms. The summed E-state index contributed by atoms with van der Waals surface area (Å²) in [5, 5.41) is 27.2. The molecule has 3 N–H and O–H groups in total. The van der Waals surface area contributed by atoms with Crippen LogP contribution in [0.3, 0.4) is 0 Å². The number of carboxylic acids is 1. The second kappa shape index (κ2) is 16.5. The van der Waals surface area contributed by atoms with Gasteiger partial charge in [-0.05, 0) is 53.4 Å². The van der Waals surface area contributed by atoms with Crippen molar-refractivity contribution >= 4 is 23.5 Å². The van der Waals surface area contributed by atoms with Gasteiger partial charge in [0, 0.05) is 31.4 Å². The number of amides is 2. The zero-order valence-corrected chi connectivity index (χ0v) is 28.9. The third kappa shape index (κ3) is 10.1. The molecule has 0 aliphatic carbocycles. The van der Waals surface area contributed by atoms with Crippen molar-refractivity contribution in [2.75, 3.05) is 26.0 Å². The van der Waals surface area contributed by atoms with Crippen molar-refractivity contribution in [3.63, 3.8) is 0 Å². The fourth-order valence-electron chi connectivity index (χ4n) is 5.45. The number of aliphatic hydroxyl groups is 1. The average molecular weight is 732 g/mol. The minimum atomic E-state index is -4.69. The number of carbonyl (C=O) groups excluding carboxylic acids is 2. The predicted octanol–water partition coefficient (Wildman–Crippen LogP) is 6.10. The lowest BCUT2D eigenvalue weighted by Gasteiger charge is -2.27. The molecule has 0 bridgehead atoms. The van der Waals surface area contributed by atoms with Gasteiger partial charge in [-0.1, -0.05) is 77.5 Å². The van der Waals surface area contributed by atoms with Gasteiger partial charge in [0.25, 0.3) is 0 Å². The maximum atomic E-state index is 13.6. The van der Waals surface area contributed by atoms with Gasteiger partial charge >= 0.3 is 23.9 Å². The van der Waals surface area contributed by atoms with E-state index in [-0.39, 0.29) is 35.3 Å². The molecule has 0 saturated heterocycles. The molecule has 1 unspecified atom stereocenters. The number of aryl methyl sites for hydroxylation is 1. The summed E-state index contributed by atoms with van der Waals surface area (Å²) in [6.45, 7) is 1.84. The molecule has 5 rings (SSSR count). The highest BCUT2D eigenvalue weighted by Gasteiger charge is 2.34. The first-order valence-electron chi connectivity index (χ1n) is 16.2. The predicted molar refractivity (Wildman–Crippen MR) is 186 cm³/mol. The lowest BCUT2D eigenvalue weighted by atomic mass is 10.0. The Labute approximate surface area is 302 Å². The summed E-state index contributed by atoms with van der Waals surface area (Å²) in [6.07, 6.45) is -6.61. The summed E-state index contributed by atoms with van der Waals surface area (Å²) in [5.41, 5.74) is 2.61. The maximum Gasteiger partial charge on any atom is 0.416 e. The Morgan fingerprint density at radius 1 is 0.925 bits per heavy atom. The second-order valence-electron chi connectivity index (χ2n) is 12.3. The topological polar surface area (TPSA) is 158 Å². The number of anilines is 1. The fourth-order valence-corrected chi connectivity index (χ4v) is 5.45. The van der Waals surface area contributed by atoms with E-state index in [1.165, 1.54) is 53.3 Å². The van der Waals surface area contributed by atoms with Gasteiger partial charge in [0.1, 0.15) is 12.0 Å². The molecule has 0 radical (unpaired) electrons. The number of aliphatic carboxylic acids is 1. The number of rotatable bonds is 14. The molecule has 0 saturated carbocycles. The lowest BCUT2D eigenvalue weighted by molar-refractivity contribution is -0.142. The number of carboxylic acid groups (broad SMARTS) is 1. The number of aliphatic hydroxyl groups excluding tert-OH is 1. The van der Waals surface area contributed by atoms with E-state index in [9.17, 15) is 37.8 Å². The highest BCUT2D eigenvalue weighted by Crippen LogP contribution is 2.35. The lowest BCUT2D eigenvalue weighted by Crippen LogP contribution is -2.33. The van der Waals surface area contributed by atoms with Crippen LogP contribution in [0.4, 0.5) is 18.9 Å². The van der Waals surface area contributed by atoms with E-state index in [0.29, 0.717) is 23.2 Å². The van der Waals surface area contributed by atoms with Gasteiger partial charge in [0.2, 0.25) is 11.7 Å². The number of methoxy groups -OCH3 is 1. The van der Waals surface area contributed by atoms with Crippen LogP contribution in [-0.2, 0) is 35.3 Å². The van der Waals surface area contributed by atoms with Crippen LogP contribution in [0.5, 0.6) is 5.75 Å². The molecule has 4 aromatic carbocycles. The van der Waals surface area contributed by atoms with Crippen LogP contribution >= 0.6 is 0 Å². The van der Waals surface area contributed by atoms with Gasteiger partial charge in [-0.25, -0.2) is 0 Å². The van der Waals surface area contributed by atoms with E-state index in [0.717, 1.165) is 17.2 Å². The number of hydrogen-bond acceptors (Lipinski definition) is 9. The van der Waals surface area contributed by atoms with Crippen LogP contribution in [0.1, 0.15) is 50.3 Å². The number of hydrogen-bond donors (Lipinski definition) is 3. The molecule has 276 valence electrons. The first-order chi connectivity index (χ1) is 25.2. The molecule has 1 atom stereocenters. The van der Waals surface area contributed by atoms with E-state index in [1.807, 2.05) is 31.2 Å². The Bertz CT molecular complexity index is 2050. The van der Waals surface area contributed by atoms with E-state index in [1.54, 1.807) is 31.3 Å². The van der Waals surface area contributed by atoms with Crippen molar-refractivity contribution in [2.45, 2.75) is 38.8 Å². The van der Waals surface area contributed by atoms with E-state index in [2.05, 4.69) is 15.5 Å². The van der Waals surface area contributed by atoms with Crippen LogP contribution in [0.2, 0.25) is 0 Å². The number of halogens is 3. The number of ether oxygens (including phenoxy) is 1. The van der Waals surface area contributed by atoms with E-state index >= 15 is 0 Å². The Morgan fingerprint density at radius 3 is 2.19 bits per heavy atom. The second-order valence-corrected chi connectivity index (χ2v) is 12.3. The summed E-state index contributed by atoms with van der Waals surface area (Å²) >= 11 is 0. The number of carbonyl (C=O) groups is 3. The fraction of sp³-hybridized carbons (Fsp3) is 0.237. The molecule has 5 aromatic rings. The highest BCUT2D eigenvalue weighted by atomic mass is 19.4. The van der Waals surface area contributed by atoms with Crippen LogP contribution in [-0.4, -0.2) is 68.6 Å². The van der Waals surface area contributed by atoms with Crippen molar-refractivity contribution in [2.24, 2.45) is 0 Å². The maximum absolute atomic E-state index is 13.6. The van der Waals surface area contributed by atoms with Gasteiger partial charge in [-0.15, -0.1) is 0 Å². The highest BCUT2D eigenvalue weighted by molar-refractivity contribution is 5.92. The molecule has 0 fully saturated rings. The standard InChI is InChI=1S/C38H36F3N5O7/c1-23-4-6-24(7-5-23)20-45(2)37(51)35-43-34(44-53-35)26-10-8-25(9-11-26)21-46(22-33(48)49)36(50)27-12-15-29(16-13-27)42-32(47)18-28-14-17-30(52-3)19-31(28)38(39,40)41/h4-17,19,36,50H,18,20-22H2,1-3H3,(H,42,47)(H,48,49). The average Bonchev–Trinajstić information content (AvgIpc) is 3.62. The number of nitrogens with one attached hydrogen (secondary N) is 1. The number of benzene rings is 4. The molecule has 12 nitrogen and oxygen atoms in total. The monoisotopic (exact) mass is 731 g/mol. The Kier molecular flexibility index (Phi) is 11.9. The van der Waals surface area contributed by atoms with Gasteiger partial charge in [0.15, 0.2) is 0 Å². The first kappa shape index (κ1) is 38.2. The zero-order valence-electron chi connectivity index (χ0n) is 28.9. The van der Waals surface area contributed by atoms with Crippen molar-refractivity contribution in [1.29, 1.82) is 0 Å². The molecular formula is C38H36F3N5O7. The van der Waals surface area contributed by atoms with Crippen molar-refractivity contribution in [3.05, 3.63) is 130 Å². The number of nitrogens with zero attached hydrogens (tertiary/aromatic N) is 4. The summed E-state index contributed by atoms with van der Waals surface area (Å²) < 4.78 is 50.8. The molecule has 0 aliphatic heterocycles. The Morgan fingerprint density at radius 2 is 1.57 bits per heavy atom. The van der Waals surface area contributed by atoms with Gasteiger partial charge in [0.05, 0.1) is 25.6 Å². The van der Waals surface area contributed by atoms with Crippen LogP contribution < -0.4 is 10.1 Å². The Hall–Kier alpha value is -6.06. The number of aromatic nitrogens is 2. The van der Waals surface area contributed by atoms with Gasteiger partial charge < -0.3 is 29.7 Å². The summed E-state index contributed by atoms with van der Waals surface area (Å²) in [4.78, 5) is 44.3. The van der Waals surface area contributed by atoms with E-state index in [4.69, 9.17) is 9.26 Å².